The van der Waals surface area contributed by atoms with Gasteiger partial charge in [0.25, 0.3) is 0 Å². The largest absolute Gasteiger partial charge is 0.374 e. The summed E-state index contributed by atoms with van der Waals surface area (Å²) < 4.78 is 7.93. The van der Waals surface area contributed by atoms with E-state index in [1.54, 1.807) is 0 Å². The molecule has 0 spiro atoms. The summed E-state index contributed by atoms with van der Waals surface area (Å²) in [5.41, 5.74) is 3.24. The van der Waals surface area contributed by atoms with Gasteiger partial charge in [-0.05, 0) is 50.2 Å². The average Bonchev–Trinajstić information content (AvgIpc) is 3.27. The number of aryl methyl sites for hydroxylation is 2. The molecule has 3 atom stereocenters. The molecular weight excluding hydrogens is 326 g/mol. The molecule has 0 bridgehead atoms. The van der Waals surface area contributed by atoms with Crippen LogP contribution in [-0.4, -0.2) is 39.8 Å². The van der Waals surface area contributed by atoms with Gasteiger partial charge in [-0.1, -0.05) is 30.3 Å². The maximum atomic E-state index is 12.6. The minimum absolute atomic E-state index is 0.187. The van der Waals surface area contributed by atoms with Crippen molar-refractivity contribution in [2.45, 2.75) is 45.9 Å². The number of hydrogen-bond acceptors (Lipinski definition) is 3. The van der Waals surface area contributed by atoms with Crippen LogP contribution in [0.3, 0.4) is 0 Å². The summed E-state index contributed by atoms with van der Waals surface area (Å²) in [5.74, 6) is 1.35. The minimum atomic E-state index is 0.187. The number of nitrogens with zero attached hydrogens (tertiary/aromatic N) is 3. The third kappa shape index (κ3) is 3.68. The van der Waals surface area contributed by atoms with Crippen LogP contribution < -0.4 is 0 Å². The van der Waals surface area contributed by atoms with Crippen LogP contribution in [0.2, 0.25) is 0 Å². The minimum Gasteiger partial charge on any atom is -0.374 e. The van der Waals surface area contributed by atoms with Gasteiger partial charge in [0, 0.05) is 18.8 Å². The SMILES string of the molecule is Cc1cc(C)n(CC(=O)N2C[C@H]3CC(OCc4ccccc4)C[C@H]3C2)n1. The van der Waals surface area contributed by atoms with E-state index in [1.165, 1.54) is 5.56 Å². The number of carbonyl (C=O) groups is 1. The smallest absolute Gasteiger partial charge is 0.244 e. The summed E-state index contributed by atoms with van der Waals surface area (Å²) in [6, 6.07) is 12.4. The quantitative estimate of drug-likeness (QED) is 0.830. The summed E-state index contributed by atoms with van der Waals surface area (Å²) >= 11 is 0. The van der Waals surface area contributed by atoms with E-state index in [0.29, 0.717) is 31.1 Å². The third-order valence-electron chi connectivity index (χ3n) is 5.78. The highest BCUT2D eigenvalue weighted by Gasteiger charge is 2.42. The van der Waals surface area contributed by atoms with Crippen molar-refractivity contribution in [3.63, 3.8) is 0 Å². The first-order chi connectivity index (χ1) is 12.6. The maximum Gasteiger partial charge on any atom is 0.244 e. The molecule has 26 heavy (non-hydrogen) atoms. The van der Waals surface area contributed by atoms with Crippen LogP contribution in [0, 0.1) is 25.7 Å². The van der Waals surface area contributed by atoms with E-state index in [-0.39, 0.29) is 5.91 Å². The maximum absolute atomic E-state index is 12.6. The van der Waals surface area contributed by atoms with Gasteiger partial charge in [0.2, 0.25) is 5.91 Å². The van der Waals surface area contributed by atoms with Crippen LogP contribution in [0.4, 0.5) is 0 Å². The number of fused-ring (bicyclic) bond motifs is 1. The number of rotatable bonds is 5. The number of amides is 1. The second-order valence-corrected chi connectivity index (χ2v) is 7.79. The number of aromatic nitrogens is 2. The van der Waals surface area contributed by atoms with Gasteiger partial charge in [-0.25, -0.2) is 0 Å². The highest BCUT2D eigenvalue weighted by molar-refractivity contribution is 5.76. The summed E-state index contributed by atoms with van der Waals surface area (Å²) in [7, 11) is 0. The van der Waals surface area contributed by atoms with Gasteiger partial charge in [-0.2, -0.15) is 5.10 Å². The molecule has 2 heterocycles. The van der Waals surface area contributed by atoms with Crippen LogP contribution >= 0.6 is 0 Å². The molecule has 1 aromatic heterocycles. The number of hydrogen-bond donors (Lipinski definition) is 0. The molecule has 5 heteroatoms. The highest BCUT2D eigenvalue weighted by atomic mass is 16.5. The van der Waals surface area contributed by atoms with Crippen LogP contribution in [0.25, 0.3) is 0 Å². The number of benzene rings is 1. The van der Waals surface area contributed by atoms with E-state index in [4.69, 9.17) is 4.74 Å². The van der Waals surface area contributed by atoms with Crippen molar-refractivity contribution < 1.29 is 9.53 Å². The summed E-state index contributed by atoms with van der Waals surface area (Å²) in [4.78, 5) is 14.7. The third-order valence-corrected chi connectivity index (χ3v) is 5.78. The number of likely N-dealkylation sites (tertiary alicyclic amines) is 1. The Hall–Kier alpha value is -2.14. The predicted molar refractivity (Wildman–Crippen MR) is 99.5 cm³/mol. The summed E-state index contributed by atoms with van der Waals surface area (Å²) in [6.45, 7) is 6.74. The molecule has 4 rings (SSSR count). The first kappa shape index (κ1) is 17.3. The van der Waals surface area contributed by atoms with Crippen LogP contribution in [0.5, 0.6) is 0 Å². The van der Waals surface area contributed by atoms with Gasteiger partial charge in [0.05, 0.1) is 18.4 Å². The van der Waals surface area contributed by atoms with Gasteiger partial charge in [-0.15, -0.1) is 0 Å². The molecule has 2 aromatic rings. The Bertz CT molecular complexity index is 757. The Morgan fingerprint density at radius 2 is 1.85 bits per heavy atom. The van der Waals surface area contributed by atoms with Crippen LogP contribution in [0.1, 0.15) is 29.8 Å². The van der Waals surface area contributed by atoms with Crippen LogP contribution in [-0.2, 0) is 22.7 Å². The van der Waals surface area contributed by atoms with E-state index in [9.17, 15) is 4.79 Å². The van der Waals surface area contributed by atoms with Crippen molar-refractivity contribution >= 4 is 5.91 Å². The molecule has 1 amide bonds. The summed E-state index contributed by atoms with van der Waals surface area (Å²) in [6.07, 6.45) is 2.47. The molecule has 1 saturated heterocycles. The topological polar surface area (TPSA) is 47.4 Å². The Kier molecular flexibility index (Phi) is 4.81. The normalized spacial score (nSPS) is 24.8. The molecule has 1 unspecified atom stereocenters. The second-order valence-electron chi connectivity index (χ2n) is 7.79. The molecule has 0 N–H and O–H groups in total. The van der Waals surface area contributed by atoms with Gasteiger partial charge >= 0.3 is 0 Å². The van der Waals surface area contributed by atoms with E-state index >= 15 is 0 Å². The molecule has 1 aliphatic heterocycles. The van der Waals surface area contributed by atoms with Gasteiger partial charge in [-0.3, -0.25) is 9.48 Å². The molecule has 2 aliphatic rings. The lowest BCUT2D eigenvalue weighted by Gasteiger charge is -2.20. The van der Waals surface area contributed by atoms with E-state index in [0.717, 1.165) is 37.3 Å². The van der Waals surface area contributed by atoms with E-state index in [1.807, 2.05) is 47.7 Å². The van der Waals surface area contributed by atoms with Crippen molar-refractivity contribution in [2.75, 3.05) is 13.1 Å². The van der Waals surface area contributed by atoms with Crippen molar-refractivity contribution in [3.05, 3.63) is 53.3 Å². The van der Waals surface area contributed by atoms with Crippen molar-refractivity contribution in [3.8, 4) is 0 Å². The Morgan fingerprint density at radius 3 is 2.46 bits per heavy atom. The lowest BCUT2D eigenvalue weighted by molar-refractivity contribution is -0.131. The fourth-order valence-corrected chi connectivity index (χ4v) is 4.44. The second kappa shape index (κ2) is 7.23. The van der Waals surface area contributed by atoms with Gasteiger partial charge in [0.1, 0.15) is 6.54 Å². The zero-order valence-corrected chi connectivity index (χ0v) is 15.6. The predicted octanol–water partition coefficient (Wildman–Crippen LogP) is 2.95. The molecule has 1 aromatic carbocycles. The number of carbonyl (C=O) groups excluding carboxylic acids is 1. The molecule has 2 fully saturated rings. The average molecular weight is 353 g/mol. The zero-order chi connectivity index (χ0) is 18.1. The van der Waals surface area contributed by atoms with Crippen molar-refractivity contribution in [1.82, 2.24) is 14.7 Å². The van der Waals surface area contributed by atoms with E-state index < -0.39 is 0 Å². The first-order valence-corrected chi connectivity index (χ1v) is 9.53. The van der Waals surface area contributed by atoms with Crippen molar-refractivity contribution in [1.29, 1.82) is 0 Å². The van der Waals surface area contributed by atoms with E-state index in [2.05, 4.69) is 17.2 Å². The van der Waals surface area contributed by atoms with Gasteiger partial charge in [0.15, 0.2) is 0 Å². The lowest BCUT2D eigenvalue weighted by Crippen LogP contribution is -2.33. The molecule has 138 valence electrons. The monoisotopic (exact) mass is 353 g/mol. The Morgan fingerprint density at radius 1 is 1.15 bits per heavy atom. The Labute approximate surface area is 154 Å². The zero-order valence-electron chi connectivity index (χ0n) is 15.6. The van der Waals surface area contributed by atoms with Gasteiger partial charge < -0.3 is 9.64 Å². The summed E-state index contributed by atoms with van der Waals surface area (Å²) in [5, 5.41) is 4.41. The van der Waals surface area contributed by atoms with Crippen molar-refractivity contribution in [2.24, 2.45) is 11.8 Å². The number of ether oxygens (including phenoxy) is 1. The first-order valence-electron chi connectivity index (χ1n) is 9.53. The Balaban J connectivity index is 1.26. The fraction of sp³-hybridized carbons (Fsp3) is 0.524. The molecule has 0 radical (unpaired) electrons. The molecule has 1 saturated carbocycles. The molecule has 1 aliphatic carbocycles. The lowest BCUT2D eigenvalue weighted by atomic mass is 10.0. The molecule has 5 nitrogen and oxygen atoms in total. The standard InChI is InChI=1S/C21H27N3O2/c1-15-8-16(2)24(22-15)13-21(25)23-11-18-9-20(10-19(18)12-23)26-14-17-6-4-3-5-7-17/h3-8,18-20H,9-14H2,1-2H3/t18-,19+,20?. The fourth-order valence-electron chi connectivity index (χ4n) is 4.44. The van der Waals surface area contributed by atoms with Crippen LogP contribution in [0.15, 0.2) is 36.4 Å². The highest BCUT2D eigenvalue weighted by Crippen LogP contribution is 2.39. The molecular formula is C21H27N3O2.